The molecule has 5 nitrogen and oxygen atoms in total. The van der Waals surface area contributed by atoms with Crippen LogP contribution in [-0.2, 0) is 0 Å². The van der Waals surface area contributed by atoms with Crippen LogP contribution in [-0.4, -0.2) is 29.1 Å². The summed E-state index contributed by atoms with van der Waals surface area (Å²) < 4.78 is 5.48. The lowest BCUT2D eigenvalue weighted by atomic mass is 10.1. The summed E-state index contributed by atoms with van der Waals surface area (Å²) in [6.45, 7) is 2.09. The van der Waals surface area contributed by atoms with Gasteiger partial charge in [0.05, 0.1) is 6.04 Å². The number of nitrogens with one attached hydrogen (secondary N) is 1. The Bertz CT molecular complexity index is 551. The minimum absolute atomic E-state index is 0.0688. The maximum Gasteiger partial charge on any atom is 0.285 e. The summed E-state index contributed by atoms with van der Waals surface area (Å²) >= 11 is 0. The summed E-state index contributed by atoms with van der Waals surface area (Å²) in [6.07, 6.45) is 2.80. The van der Waals surface area contributed by atoms with Gasteiger partial charge in [-0.25, -0.2) is 0 Å². The average molecular weight is 273 g/mol. The van der Waals surface area contributed by atoms with E-state index in [1.807, 2.05) is 30.3 Å². The number of ketones is 1. The molecule has 2 aromatic rings. The van der Waals surface area contributed by atoms with Gasteiger partial charge in [-0.15, -0.1) is 10.2 Å². The topological polar surface area (TPSA) is 68.0 Å². The van der Waals surface area contributed by atoms with Crippen molar-refractivity contribution in [2.75, 3.05) is 7.05 Å². The van der Waals surface area contributed by atoms with Gasteiger partial charge in [0.1, 0.15) is 0 Å². The van der Waals surface area contributed by atoms with E-state index in [1.165, 1.54) is 0 Å². The maximum atomic E-state index is 12.3. The predicted octanol–water partition coefficient (Wildman–Crippen LogP) is 2.70. The summed E-state index contributed by atoms with van der Waals surface area (Å²) in [6, 6.07) is 9.16. The van der Waals surface area contributed by atoms with Crippen molar-refractivity contribution in [2.45, 2.75) is 32.2 Å². The van der Waals surface area contributed by atoms with E-state index >= 15 is 0 Å². The smallest absolute Gasteiger partial charge is 0.285 e. The third-order valence-electron chi connectivity index (χ3n) is 3.17. The van der Waals surface area contributed by atoms with E-state index < -0.39 is 0 Å². The number of carbonyl (C=O) groups is 1. The van der Waals surface area contributed by atoms with Crippen molar-refractivity contribution in [3.63, 3.8) is 0 Å². The van der Waals surface area contributed by atoms with Gasteiger partial charge in [-0.3, -0.25) is 4.79 Å². The first-order chi connectivity index (χ1) is 9.76. The number of nitrogens with zero attached hydrogens (tertiary/aromatic N) is 2. The van der Waals surface area contributed by atoms with Crippen LogP contribution >= 0.6 is 0 Å². The number of hydrogen-bond donors (Lipinski definition) is 1. The van der Waals surface area contributed by atoms with E-state index in [-0.39, 0.29) is 17.7 Å². The lowest BCUT2D eigenvalue weighted by molar-refractivity contribution is 0.0907. The van der Waals surface area contributed by atoms with Crippen LogP contribution in [0.5, 0.6) is 0 Å². The summed E-state index contributed by atoms with van der Waals surface area (Å²) in [5, 5.41) is 10.8. The fourth-order valence-electron chi connectivity index (χ4n) is 1.98. The fourth-order valence-corrected chi connectivity index (χ4v) is 1.98. The number of benzene rings is 1. The Morgan fingerprint density at radius 2 is 2.05 bits per heavy atom. The molecule has 2 rings (SSSR count). The molecule has 0 aliphatic heterocycles. The molecule has 1 N–H and O–H groups in total. The van der Waals surface area contributed by atoms with Crippen LogP contribution in [0, 0.1) is 0 Å². The van der Waals surface area contributed by atoms with Gasteiger partial charge in [-0.2, -0.15) is 0 Å². The lowest BCUT2D eigenvalue weighted by Crippen LogP contribution is -2.34. The van der Waals surface area contributed by atoms with Crippen LogP contribution in [0.15, 0.2) is 34.7 Å². The van der Waals surface area contributed by atoms with Crippen molar-refractivity contribution in [1.29, 1.82) is 0 Å². The quantitative estimate of drug-likeness (QED) is 0.785. The maximum absolute atomic E-state index is 12.3. The molecule has 1 unspecified atom stereocenters. The first-order valence-corrected chi connectivity index (χ1v) is 6.86. The van der Waals surface area contributed by atoms with Crippen LogP contribution in [0.1, 0.15) is 36.9 Å². The van der Waals surface area contributed by atoms with Crippen molar-refractivity contribution in [2.24, 2.45) is 0 Å². The largest absolute Gasteiger partial charge is 0.414 e. The number of hydrogen-bond acceptors (Lipinski definition) is 5. The van der Waals surface area contributed by atoms with Crippen molar-refractivity contribution in [3.8, 4) is 11.5 Å². The Labute approximate surface area is 118 Å². The molecule has 1 aromatic heterocycles. The van der Waals surface area contributed by atoms with Gasteiger partial charge >= 0.3 is 0 Å². The van der Waals surface area contributed by atoms with Gasteiger partial charge in [-0.1, -0.05) is 38.0 Å². The number of Topliss-reactive ketones (excluding diaryl/α,β-unsaturated/α-hetero) is 1. The second-order valence-corrected chi connectivity index (χ2v) is 4.63. The van der Waals surface area contributed by atoms with Gasteiger partial charge in [-0.05, 0) is 25.6 Å². The first-order valence-electron chi connectivity index (χ1n) is 6.86. The third-order valence-corrected chi connectivity index (χ3v) is 3.17. The molecule has 0 saturated heterocycles. The number of aromatic nitrogens is 2. The Hall–Kier alpha value is -2.01. The Morgan fingerprint density at radius 1 is 1.30 bits per heavy atom. The monoisotopic (exact) mass is 273 g/mol. The first kappa shape index (κ1) is 14.4. The van der Waals surface area contributed by atoms with Crippen molar-refractivity contribution in [1.82, 2.24) is 15.5 Å². The molecule has 5 heteroatoms. The van der Waals surface area contributed by atoms with E-state index in [4.69, 9.17) is 4.42 Å². The van der Waals surface area contributed by atoms with E-state index in [2.05, 4.69) is 22.4 Å². The summed E-state index contributed by atoms with van der Waals surface area (Å²) in [5.41, 5.74) is 0.814. The average Bonchev–Trinajstić information content (AvgIpc) is 2.98. The molecule has 0 radical (unpaired) electrons. The molecule has 0 spiro atoms. The minimum Gasteiger partial charge on any atom is -0.414 e. The molecule has 0 fully saturated rings. The highest BCUT2D eigenvalue weighted by molar-refractivity contribution is 5.96. The zero-order valence-electron chi connectivity index (χ0n) is 11.8. The van der Waals surface area contributed by atoms with Gasteiger partial charge < -0.3 is 9.73 Å². The Kier molecular flexibility index (Phi) is 5.01. The van der Waals surface area contributed by atoms with Crippen LogP contribution in [0.3, 0.4) is 0 Å². The SMILES string of the molecule is CCCCC(NC)C(=O)c1nnc(-c2ccccc2)o1. The highest BCUT2D eigenvalue weighted by Gasteiger charge is 2.23. The molecule has 0 saturated carbocycles. The van der Waals surface area contributed by atoms with E-state index in [1.54, 1.807) is 7.05 Å². The molecular weight excluding hydrogens is 254 g/mol. The molecule has 0 aliphatic rings. The zero-order chi connectivity index (χ0) is 14.4. The minimum atomic E-state index is -0.265. The fraction of sp³-hybridized carbons (Fsp3) is 0.400. The number of likely N-dealkylation sites (N-methyl/N-ethyl adjacent to an activating group) is 1. The highest BCUT2D eigenvalue weighted by Crippen LogP contribution is 2.18. The summed E-state index contributed by atoms with van der Waals surface area (Å²) in [4.78, 5) is 12.3. The number of carbonyl (C=O) groups excluding carboxylic acids is 1. The van der Waals surface area contributed by atoms with E-state index in [0.29, 0.717) is 5.89 Å². The molecule has 1 atom stereocenters. The van der Waals surface area contributed by atoms with Gasteiger partial charge in [0.2, 0.25) is 11.7 Å². The molecule has 20 heavy (non-hydrogen) atoms. The number of unbranched alkanes of at least 4 members (excludes halogenated alkanes) is 1. The summed E-state index contributed by atoms with van der Waals surface area (Å²) in [5.74, 6) is 0.300. The van der Waals surface area contributed by atoms with Crippen molar-refractivity contribution >= 4 is 5.78 Å². The normalized spacial score (nSPS) is 12.3. The highest BCUT2D eigenvalue weighted by atomic mass is 16.4. The van der Waals surface area contributed by atoms with Crippen molar-refractivity contribution < 1.29 is 9.21 Å². The molecule has 0 bridgehead atoms. The zero-order valence-corrected chi connectivity index (χ0v) is 11.8. The van der Waals surface area contributed by atoms with Crippen LogP contribution in [0.2, 0.25) is 0 Å². The Morgan fingerprint density at radius 3 is 2.70 bits per heavy atom. The van der Waals surface area contributed by atoms with Crippen LogP contribution < -0.4 is 5.32 Å². The Balaban J connectivity index is 2.13. The molecule has 1 aromatic carbocycles. The second-order valence-electron chi connectivity index (χ2n) is 4.63. The molecular formula is C15H19N3O2. The van der Waals surface area contributed by atoms with E-state index in [0.717, 1.165) is 24.8 Å². The van der Waals surface area contributed by atoms with Gasteiger partial charge in [0.15, 0.2) is 0 Å². The van der Waals surface area contributed by atoms with Gasteiger partial charge in [0.25, 0.3) is 5.89 Å². The standard InChI is InChI=1S/C15H19N3O2/c1-3-4-10-12(16-2)13(19)15-18-17-14(20-15)11-8-6-5-7-9-11/h5-9,12,16H,3-4,10H2,1-2H3. The molecule has 1 heterocycles. The van der Waals surface area contributed by atoms with Crippen LogP contribution in [0.25, 0.3) is 11.5 Å². The van der Waals surface area contributed by atoms with Gasteiger partial charge in [0, 0.05) is 5.56 Å². The molecule has 0 amide bonds. The van der Waals surface area contributed by atoms with E-state index in [9.17, 15) is 4.79 Å². The number of rotatable bonds is 7. The lowest BCUT2D eigenvalue weighted by Gasteiger charge is -2.11. The van der Waals surface area contributed by atoms with Crippen LogP contribution in [0.4, 0.5) is 0 Å². The molecule has 106 valence electrons. The second kappa shape index (κ2) is 6.96. The van der Waals surface area contributed by atoms with Crippen molar-refractivity contribution in [3.05, 3.63) is 36.2 Å². The third kappa shape index (κ3) is 3.30. The predicted molar refractivity (Wildman–Crippen MR) is 76.4 cm³/mol. The molecule has 0 aliphatic carbocycles. The summed E-state index contributed by atoms with van der Waals surface area (Å²) in [7, 11) is 1.77.